The van der Waals surface area contributed by atoms with E-state index in [4.69, 9.17) is 5.73 Å². The zero-order valence-corrected chi connectivity index (χ0v) is 17.1. The highest BCUT2D eigenvalue weighted by molar-refractivity contribution is 5.94. The van der Waals surface area contributed by atoms with Gasteiger partial charge < -0.3 is 16.4 Å². The maximum atomic E-state index is 14.6. The fourth-order valence-corrected chi connectivity index (χ4v) is 2.63. The average Bonchev–Trinajstić information content (AvgIpc) is 2.69. The summed E-state index contributed by atoms with van der Waals surface area (Å²) in [5.41, 5.74) is 9.07. The molecule has 0 aromatic heterocycles. The second-order valence-electron chi connectivity index (χ2n) is 6.47. The van der Waals surface area contributed by atoms with Crippen LogP contribution in [0.1, 0.15) is 33.3 Å². The van der Waals surface area contributed by atoms with Crippen LogP contribution in [-0.4, -0.2) is 5.84 Å². The number of allylic oxidation sites excluding steroid dienone is 3. The van der Waals surface area contributed by atoms with E-state index in [-0.39, 0.29) is 17.1 Å². The van der Waals surface area contributed by atoms with Crippen LogP contribution in [0.25, 0.3) is 5.70 Å². The minimum atomic E-state index is -0.507. The third-order valence-corrected chi connectivity index (χ3v) is 4.35. The molecule has 0 atom stereocenters. The first kappa shape index (κ1) is 21.9. The molecule has 4 nitrogen and oxygen atoms in total. The molecule has 2 rings (SSSR count). The lowest BCUT2D eigenvalue weighted by Gasteiger charge is -2.14. The molecule has 152 valence electrons. The maximum Gasteiger partial charge on any atom is 0.148 e. The summed E-state index contributed by atoms with van der Waals surface area (Å²) < 4.78 is 28.5. The Bertz CT molecular complexity index is 984. The van der Waals surface area contributed by atoms with Gasteiger partial charge in [-0.05, 0) is 57.5 Å². The zero-order valence-electron chi connectivity index (χ0n) is 17.1. The van der Waals surface area contributed by atoms with Gasteiger partial charge in [-0.15, -0.1) is 0 Å². The van der Waals surface area contributed by atoms with Gasteiger partial charge >= 0.3 is 0 Å². The largest absolute Gasteiger partial charge is 0.397 e. The molecule has 0 unspecified atom stereocenters. The van der Waals surface area contributed by atoms with E-state index in [0.717, 1.165) is 11.3 Å². The number of hydrogen-bond donors (Lipinski definition) is 3. The summed E-state index contributed by atoms with van der Waals surface area (Å²) in [5, 5.41) is 5.78. The van der Waals surface area contributed by atoms with Gasteiger partial charge in [-0.3, -0.25) is 0 Å². The Balaban J connectivity index is 2.19. The average molecular weight is 396 g/mol. The van der Waals surface area contributed by atoms with Crippen molar-refractivity contribution in [3.8, 4) is 0 Å². The number of hydrogen-bond acceptors (Lipinski definition) is 3. The number of nitrogens with zero attached hydrogens (tertiary/aromatic N) is 1. The first-order chi connectivity index (χ1) is 13.8. The second-order valence-corrected chi connectivity index (χ2v) is 6.47. The summed E-state index contributed by atoms with van der Waals surface area (Å²) in [4.78, 5) is 4.48. The lowest BCUT2D eigenvalue weighted by atomic mass is 10.1. The van der Waals surface area contributed by atoms with E-state index in [1.807, 2.05) is 32.9 Å². The minimum absolute atomic E-state index is 0.112. The third kappa shape index (κ3) is 5.54. The normalized spacial score (nSPS) is 12.7. The highest BCUT2D eigenvalue weighted by atomic mass is 19.1. The fourth-order valence-electron chi connectivity index (χ4n) is 2.63. The van der Waals surface area contributed by atoms with Gasteiger partial charge in [0.15, 0.2) is 0 Å². The van der Waals surface area contributed by atoms with Crippen LogP contribution in [-0.2, 0) is 0 Å². The molecule has 0 spiro atoms. The molecule has 0 saturated heterocycles. The zero-order chi connectivity index (χ0) is 21.6. The Labute approximate surface area is 170 Å². The summed E-state index contributed by atoms with van der Waals surface area (Å²) in [6.07, 6.45) is 3.85. The highest BCUT2D eigenvalue weighted by Gasteiger charge is 2.11. The van der Waals surface area contributed by atoms with E-state index in [2.05, 4.69) is 22.2 Å². The van der Waals surface area contributed by atoms with Crippen LogP contribution in [0.3, 0.4) is 0 Å². The summed E-state index contributed by atoms with van der Waals surface area (Å²) >= 11 is 0. The summed E-state index contributed by atoms with van der Waals surface area (Å²) in [6, 6.07) is 8.95. The molecule has 0 aliphatic heterocycles. The van der Waals surface area contributed by atoms with Crippen LogP contribution in [0.15, 0.2) is 71.4 Å². The quantitative estimate of drug-likeness (QED) is 0.231. The maximum absolute atomic E-state index is 14.6. The Morgan fingerprint density at radius 1 is 1.03 bits per heavy atom. The second kappa shape index (κ2) is 9.68. The Hall–Kier alpha value is -3.41. The molecule has 2 aromatic rings. The molecule has 0 aliphatic carbocycles. The number of nitrogens with one attached hydrogen (secondary N) is 2. The van der Waals surface area contributed by atoms with Crippen LogP contribution < -0.4 is 16.4 Å². The topological polar surface area (TPSA) is 62.4 Å². The van der Waals surface area contributed by atoms with E-state index in [9.17, 15) is 8.78 Å². The molecular weight excluding hydrogens is 370 g/mol. The number of halogens is 2. The van der Waals surface area contributed by atoms with Crippen molar-refractivity contribution in [1.29, 1.82) is 0 Å². The van der Waals surface area contributed by atoms with E-state index < -0.39 is 11.6 Å². The van der Waals surface area contributed by atoms with Crippen LogP contribution in [0.5, 0.6) is 0 Å². The predicted octanol–water partition coefficient (Wildman–Crippen LogP) is 6.33. The Morgan fingerprint density at radius 2 is 1.76 bits per heavy atom. The van der Waals surface area contributed by atoms with Gasteiger partial charge in [-0.2, -0.15) is 0 Å². The van der Waals surface area contributed by atoms with Crippen molar-refractivity contribution in [3.63, 3.8) is 0 Å². The minimum Gasteiger partial charge on any atom is -0.397 e. The summed E-state index contributed by atoms with van der Waals surface area (Å²) in [7, 11) is 0. The Kier molecular flexibility index (Phi) is 7.31. The molecule has 4 N–H and O–H groups in total. The van der Waals surface area contributed by atoms with Gasteiger partial charge in [-0.25, -0.2) is 13.8 Å². The molecule has 29 heavy (non-hydrogen) atoms. The predicted molar refractivity (Wildman–Crippen MR) is 120 cm³/mol. The molecular formula is C23H26F2N4. The molecule has 0 radical (unpaired) electrons. The van der Waals surface area contributed by atoms with Crippen LogP contribution in [0.4, 0.5) is 25.8 Å². The number of amidine groups is 1. The molecule has 0 bridgehead atoms. The van der Waals surface area contributed by atoms with Gasteiger partial charge in [0, 0.05) is 11.3 Å². The van der Waals surface area contributed by atoms with Crippen molar-refractivity contribution in [2.24, 2.45) is 4.99 Å². The van der Waals surface area contributed by atoms with E-state index in [1.54, 1.807) is 25.1 Å². The van der Waals surface area contributed by atoms with E-state index in [0.29, 0.717) is 17.1 Å². The Morgan fingerprint density at radius 3 is 2.34 bits per heavy atom. The van der Waals surface area contributed by atoms with Crippen molar-refractivity contribution in [2.75, 3.05) is 16.4 Å². The van der Waals surface area contributed by atoms with Crippen molar-refractivity contribution >= 4 is 28.6 Å². The first-order valence-electron chi connectivity index (χ1n) is 9.18. The van der Waals surface area contributed by atoms with Crippen LogP contribution in [0, 0.1) is 11.6 Å². The summed E-state index contributed by atoms with van der Waals surface area (Å²) in [5.74, 6) is -0.429. The number of nitrogen functional groups attached to an aromatic ring is 1. The van der Waals surface area contributed by atoms with Crippen molar-refractivity contribution in [2.45, 2.75) is 27.7 Å². The number of anilines is 3. The number of nitrogens with two attached hydrogens (primary N) is 1. The van der Waals surface area contributed by atoms with Crippen molar-refractivity contribution in [1.82, 2.24) is 0 Å². The van der Waals surface area contributed by atoms with Gasteiger partial charge in [0.25, 0.3) is 0 Å². The fraction of sp³-hybridized carbons (Fsp3) is 0.174. The van der Waals surface area contributed by atoms with E-state index >= 15 is 0 Å². The monoisotopic (exact) mass is 396 g/mol. The summed E-state index contributed by atoms with van der Waals surface area (Å²) in [6.45, 7) is 11.4. The van der Waals surface area contributed by atoms with Gasteiger partial charge in [0.1, 0.15) is 17.5 Å². The first-order valence-corrected chi connectivity index (χ1v) is 9.18. The number of aliphatic imine (C=N–C) groups is 1. The van der Waals surface area contributed by atoms with Gasteiger partial charge in [0.05, 0.1) is 22.8 Å². The molecule has 0 aliphatic rings. The third-order valence-electron chi connectivity index (χ3n) is 4.35. The number of para-hydroxylation sites is 1. The van der Waals surface area contributed by atoms with E-state index in [1.165, 1.54) is 18.2 Å². The van der Waals surface area contributed by atoms with Crippen LogP contribution in [0.2, 0.25) is 0 Å². The number of rotatable bonds is 6. The molecule has 6 heteroatoms. The number of benzene rings is 2. The van der Waals surface area contributed by atoms with Crippen LogP contribution >= 0.6 is 0 Å². The van der Waals surface area contributed by atoms with Crippen molar-refractivity contribution < 1.29 is 8.78 Å². The SMILES string of the molecule is C=C(Nc1c(N)cccc1F)c1ccc(NC(C)=NC(=C\C)/C(C)=C/C)c(F)c1. The standard InChI is InChI=1S/C23H26F2N4/c1-6-14(3)21(7-2)28-16(5)29-22-12-11-17(13-19(22)25)15(4)27-23-18(24)9-8-10-20(23)26/h6-13,27H,4,26H2,1-3,5H3,(H,28,29)/b14-6+,21-7-. The lowest BCUT2D eigenvalue weighted by Crippen LogP contribution is -2.10. The molecule has 0 fully saturated rings. The molecule has 0 saturated carbocycles. The van der Waals surface area contributed by atoms with Crippen molar-refractivity contribution in [3.05, 3.63) is 83.6 Å². The lowest BCUT2D eigenvalue weighted by molar-refractivity contribution is 0.631. The van der Waals surface area contributed by atoms with Gasteiger partial charge in [-0.1, -0.05) is 30.9 Å². The van der Waals surface area contributed by atoms with Gasteiger partial charge in [0.2, 0.25) is 0 Å². The molecule has 2 aromatic carbocycles. The smallest absolute Gasteiger partial charge is 0.148 e. The molecule has 0 heterocycles. The molecule has 0 amide bonds. The highest BCUT2D eigenvalue weighted by Crippen LogP contribution is 2.27.